The van der Waals surface area contributed by atoms with Crippen molar-refractivity contribution in [3.05, 3.63) is 47.0 Å². The Balaban J connectivity index is 2.92. The van der Waals surface area contributed by atoms with E-state index in [4.69, 9.17) is 0 Å². The molecule has 0 bridgehead atoms. The van der Waals surface area contributed by atoms with Gasteiger partial charge >= 0.3 is 0 Å². The van der Waals surface area contributed by atoms with Gasteiger partial charge in [-0.15, -0.1) is 0 Å². The summed E-state index contributed by atoms with van der Waals surface area (Å²) in [4.78, 5) is 0. The van der Waals surface area contributed by atoms with E-state index in [1.165, 1.54) is 27.5 Å². The van der Waals surface area contributed by atoms with Crippen LogP contribution in [0.4, 0.5) is 0 Å². The molecule has 0 aliphatic carbocycles. The number of fused-ring (bicyclic) bond motifs is 1. The largest absolute Gasteiger partial charge is 0.0587 e. The SMILES string of the molecule is Cc1ccc2c(C)ccc(C)c2c1. The van der Waals surface area contributed by atoms with Crippen molar-refractivity contribution in [2.24, 2.45) is 0 Å². The number of hydrogen-bond acceptors (Lipinski definition) is 0. The summed E-state index contributed by atoms with van der Waals surface area (Å²) in [5, 5.41) is 2.77. The Labute approximate surface area is 79.2 Å². The number of rotatable bonds is 0. The van der Waals surface area contributed by atoms with E-state index >= 15 is 0 Å². The molecule has 2 rings (SSSR count). The van der Waals surface area contributed by atoms with E-state index in [9.17, 15) is 0 Å². The zero-order valence-electron chi connectivity index (χ0n) is 8.39. The zero-order chi connectivity index (χ0) is 9.42. The topological polar surface area (TPSA) is 0 Å². The first-order valence-corrected chi connectivity index (χ1v) is 4.65. The fourth-order valence-electron chi connectivity index (χ4n) is 1.76. The molecule has 2 aromatic carbocycles. The first kappa shape index (κ1) is 8.31. The molecule has 13 heavy (non-hydrogen) atoms. The lowest BCUT2D eigenvalue weighted by molar-refractivity contribution is 1.43. The Kier molecular flexibility index (Phi) is 1.84. The quantitative estimate of drug-likeness (QED) is 0.564. The monoisotopic (exact) mass is 170 g/mol. The molecule has 2 aromatic rings. The first-order valence-electron chi connectivity index (χ1n) is 4.65. The van der Waals surface area contributed by atoms with Gasteiger partial charge in [-0.3, -0.25) is 0 Å². The number of aryl methyl sites for hydroxylation is 3. The van der Waals surface area contributed by atoms with Gasteiger partial charge in [-0.05, 0) is 42.7 Å². The minimum absolute atomic E-state index is 1.33. The molecule has 0 N–H and O–H groups in total. The van der Waals surface area contributed by atoms with Crippen LogP contribution in [0.2, 0.25) is 0 Å². The highest BCUT2D eigenvalue weighted by Crippen LogP contribution is 2.22. The second-order valence-electron chi connectivity index (χ2n) is 3.75. The summed E-state index contributed by atoms with van der Waals surface area (Å²) in [5.41, 5.74) is 4.06. The minimum Gasteiger partial charge on any atom is -0.0587 e. The normalized spacial score (nSPS) is 10.7. The van der Waals surface area contributed by atoms with Crippen molar-refractivity contribution in [1.29, 1.82) is 0 Å². The van der Waals surface area contributed by atoms with E-state index in [0.29, 0.717) is 0 Å². The van der Waals surface area contributed by atoms with Crippen LogP contribution in [0.15, 0.2) is 30.3 Å². The molecule has 0 spiro atoms. The van der Waals surface area contributed by atoms with Gasteiger partial charge in [-0.2, -0.15) is 0 Å². The molecule has 0 aliphatic rings. The van der Waals surface area contributed by atoms with Crippen LogP contribution in [0.5, 0.6) is 0 Å². The average molecular weight is 170 g/mol. The molecule has 0 saturated heterocycles. The Bertz CT molecular complexity index is 453. The van der Waals surface area contributed by atoms with Gasteiger partial charge in [0.2, 0.25) is 0 Å². The van der Waals surface area contributed by atoms with Crippen molar-refractivity contribution in [1.82, 2.24) is 0 Å². The third-order valence-electron chi connectivity index (χ3n) is 2.61. The summed E-state index contributed by atoms with van der Waals surface area (Å²) in [6, 6.07) is 11.0. The van der Waals surface area contributed by atoms with E-state index in [1.807, 2.05) is 0 Å². The van der Waals surface area contributed by atoms with Crippen molar-refractivity contribution in [3.63, 3.8) is 0 Å². The fraction of sp³-hybridized carbons (Fsp3) is 0.231. The molecule has 0 aromatic heterocycles. The summed E-state index contributed by atoms with van der Waals surface area (Å²) in [6.45, 7) is 6.47. The van der Waals surface area contributed by atoms with Crippen LogP contribution >= 0.6 is 0 Å². The Morgan fingerprint density at radius 2 is 1.31 bits per heavy atom. The van der Waals surface area contributed by atoms with Crippen LogP contribution in [0.25, 0.3) is 10.8 Å². The van der Waals surface area contributed by atoms with Crippen LogP contribution in [0.3, 0.4) is 0 Å². The molecule has 0 aliphatic heterocycles. The predicted octanol–water partition coefficient (Wildman–Crippen LogP) is 3.77. The van der Waals surface area contributed by atoms with E-state index in [1.54, 1.807) is 0 Å². The third kappa shape index (κ3) is 1.33. The lowest BCUT2D eigenvalue weighted by Crippen LogP contribution is -1.83. The highest BCUT2D eigenvalue weighted by molar-refractivity contribution is 5.88. The molecule has 0 radical (unpaired) electrons. The second-order valence-corrected chi connectivity index (χ2v) is 3.75. The maximum absolute atomic E-state index is 2.26. The van der Waals surface area contributed by atoms with Gasteiger partial charge in [0.15, 0.2) is 0 Å². The number of hydrogen-bond donors (Lipinski definition) is 0. The molecule has 0 fully saturated rings. The fourth-order valence-corrected chi connectivity index (χ4v) is 1.76. The highest BCUT2D eigenvalue weighted by Gasteiger charge is 1.99. The smallest absolute Gasteiger partial charge is 0.0149 e. The summed E-state index contributed by atoms with van der Waals surface area (Å²) >= 11 is 0. The standard InChI is InChI=1S/C13H14/c1-9-4-7-12-10(2)5-6-11(3)13(12)8-9/h4-8H,1-3H3. The maximum atomic E-state index is 2.26. The van der Waals surface area contributed by atoms with Crippen molar-refractivity contribution < 1.29 is 0 Å². The minimum atomic E-state index is 1.33. The molecule has 0 atom stereocenters. The van der Waals surface area contributed by atoms with Gasteiger partial charge in [-0.25, -0.2) is 0 Å². The van der Waals surface area contributed by atoms with E-state index in [-0.39, 0.29) is 0 Å². The molecule has 0 amide bonds. The average Bonchev–Trinajstić information content (AvgIpc) is 2.12. The number of benzene rings is 2. The van der Waals surface area contributed by atoms with E-state index in [0.717, 1.165) is 0 Å². The van der Waals surface area contributed by atoms with Crippen molar-refractivity contribution in [3.8, 4) is 0 Å². The third-order valence-corrected chi connectivity index (χ3v) is 2.61. The lowest BCUT2D eigenvalue weighted by atomic mass is 9.99. The summed E-state index contributed by atoms with van der Waals surface area (Å²) in [7, 11) is 0. The summed E-state index contributed by atoms with van der Waals surface area (Å²) < 4.78 is 0. The van der Waals surface area contributed by atoms with Crippen LogP contribution in [0, 0.1) is 20.8 Å². The first-order chi connectivity index (χ1) is 6.18. The lowest BCUT2D eigenvalue weighted by Gasteiger charge is -2.05. The Morgan fingerprint density at radius 3 is 2.00 bits per heavy atom. The van der Waals surface area contributed by atoms with Gasteiger partial charge < -0.3 is 0 Å². The zero-order valence-corrected chi connectivity index (χ0v) is 8.39. The predicted molar refractivity (Wildman–Crippen MR) is 58.2 cm³/mol. The van der Waals surface area contributed by atoms with Crippen LogP contribution < -0.4 is 0 Å². The molecule has 0 heteroatoms. The molecule has 0 saturated carbocycles. The van der Waals surface area contributed by atoms with Gasteiger partial charge in [-0.1, -0.05) is 35.9 Å². The Hall–Kier alpha value is -1.30. The molecule has 66 valence electrons. The van der Waals surface area contributed by atoms with Crippen LogP contribution in [0.1, 0.15) is 16.7 Å². The van der Waals surface area contributed by atoms with E-state index in [2.05, 4.69) is 51.1 Å². The molecule has 0 heterocycles. The Morgan fingerprint density at radius 1 is 0.692 bits per heavy atom. The molecule has 0 nitrogen and oxygen atoms in total. The second kappa shape index (κ2) is 2.88. The van der Waals surface area contributed by atoms with Gasteiger partial charge in [0.25, 0.3) is 0 Å². The van der Waals surface area contributed by atoms with Crippen molar-refractivity contribution >= 4 is 10.8 Å². The van der Waals surface area contributed by atoms with Crippen molar-refractivity contribution in [2.75, 3.05) is 0 Å². The maximum Gasteiger partial charge on any atom is -0.0149 e. The molecular weight excluding hydrogens is 156 g/mol. The molecular formula is C13H14. The van der Waals surface area contributed by atoms with Gasteiger partial charge in [0.05, 0.1) is 0 Å². The molecule has 0 unspecified atom stereocenters. The van der Waals surface area contributed by atoms with Gasteiger partial charge in [0.1, 0.15) is 0 Å². The van der Waals surface area contributed by atoms with Crippen LogP contribution in [-0.2, 0) is 0 Å². The highest BCUT2D eigenvalue weighted by atomic mass is 14.0. The summed E-state index contributed by atoms with van der Waals surface area (Å²) in [6.07, 6.45) is 0. The summed E-state index contributed by atoms with van der Waals surface area (Å²) in [5.74, 6) is 0. The van der Waals surface area contributed by atoms with Gasteiger partial charge in [0, 0.05) is 0 Å². The van der Waals surface area contributed by atoms with Crippen molar-refractivity contribution in [2.45, 2.75) is 20.8 Å². The van der Waals surface area contributed by atoms with Crippen LogP contribution in [-0.4, -0.2) is 0 Å². The van der Waals surface area contributed by atoms with E-state index < -0.39 is 0 Å².